The summed E-state index contributed by atoms with van der Waals surface area (Å²) in [5.41, 5.74) is 2.76. The fourth-order valence-corrected chi connectivity index (χ4v) is 9.15. The first-order valence-electron chi connectivity index (χ1n) is 12.7. The highest BCUT2D eigenvalue weighted by Gasteiger charge is 2.56. The fraction of sp³-hybridized carbons (Fsp3) is 0.226. The lowest BCUT2D eigenvalue weighted by molar-refractivity contribution is 0.0949. The van der Waals surface area contributed by atoms with Crippen LogP contribution in [0.3, 0.4) is 0 Å². The first kappa shape index (κ1) is 25.8. The Labute approximate surface area is 223 Å². The largest absolute Gasteiger partial charge is 0.487 e. The Morgan fingerprint density at radius 3 is 2.18 bits per heavy atom. The number of aryl methyl sites for hydroxylation is 1. The highest BCUT2D eigenvalue weighted by molar-refractivity contribution is 6.98. The molecule has 2 N–H and O–H groups in total. The predicted molar refractivity (Wildman–Crippen MR) is 149 cm³/mol. The third-order valence-electron chi connectivity index (χ3n) is 7.70. The van der Waals surface area contributed by atoms with Crippen molar-refractivity contribution in [1.29, 1.82) is 0 Å². The molecule has 1 aliphatic heterocycles. The van der Waals surface area contributed by atoms with E-state index in [4.69, 9.17) is 4.74 Å². The Kier molecular flexibility index (Phi) is 6.90. The van der Waals surface area contributed by atoms with Crippen LogP contribution in [0.25, 0.3) is 0 Å². The molecule has 0 aliphatic carbocycles. The van der Waals surface area contributed by atoms with Crippen LogP contribution < -0.4 is 20.4 Å². The van der Waals surface area contributed by atoms with Crippen LogP contribution in [0.5, 0.6) is 5.75 Å². The molecule has 4 aromatic rings. The summed E-state index contributed by atoms with van der Waals surface area (Å²) in [5.74, 6) is 0.0229. The standard InChI is InChI=1S/C31H31FN2O3Si/c1-21-29-26(27(20-33-21)30(35)34-19-22-14-16-23(32)17-15-22)18-28(37-29)31(2,3)38(36,24-10-6-4-7-11-24)25-12-8-5-9-13-25/h4-17,20,28,36H,18-19H2,1-3H3,(H,34,35). The van der Waals surface area contributed by atoms with Gasteiger partial charge >= 0.3 is 0 Å². The number of nitrogens with zero attached hydrogens (tertiary/aromatic N) is 1. The number of nitrogens with one attached hydrogen (secondary N) is 1. The van der Waals surface area contributed by atoms with E-state index in [1.165, 1.54) is 12.1 Å². The number of hydrogen-bond acceptors (Lipinski definition) is 4. The number of hydrogen-bond donors (Lipinski definition) is 2. The van der Waals surface area contributed by atoms with E-state index in [1.54, 1.807) is 18.3 Å². The van der Waals surface area contributed by atoms with Crippen LogP contribution in [-0.2, 0) is 13.0 Å². The lowest BCUT2D eigenvalue weighted by atomic mass is 9.97. The fourth-order valence-electron chi connectivity index (χ4n) is 5.35. The SMILES string of the molecule is Cc1ncc(C(=O)NCc2ccc(F)cc2)c2c1OC(C(C)(C)[Si](O)(c1ccccc1)c1ccccc1)C2. The van der Waals surface area contributed by atoms with Crippen molar-refractivity contribution in [3.05, 3.63) is 119 Å². The molecular weight excluding hydrogens is 495 g/mol. The van der Waals surface area contributed by atoms with Crippen molar-refractivity contribution in [2.24, 2.45) is 0 Å². The van der Waals surface area contributed by atoms with Crippen LogP contribution in [0.1, 0.15) is 41.0 Å². The second kappa shape index (κ2) is 10.2. The van der Waals surface area contributed by atoms with E-state index < -0.39 is 13.4 Å². The van der Waals surface area contributed by atoms with E-state index in [-0.39, 0.29) is 24.4 Å². The molecule has 0 saturated heterocycles. The van der Waals surface area contributed by atoms with Crippen molar-refractivity contribution in [2.45, 2.75) is 44.9 Å². The number of ether oxygens (including phenoxy) is 1. The topological polar surface area (TPSA) is 71.5 Å². The van der Waals surface area contributed by atoms with E-state index in [9.17, 15) is 14.0 Å². The minimum Gasteiger partial charge on any atom is -0.487 e. The van der Waals surface area contributed by atoms with Gasteiger partial charge in [0.1, 0.15) is 17.7 Å². The zero-order valence-corrected chi connectivity index (χ0v) is 22.7. The minimum absolute atomic E-state index is 0.265. The summed E-state index contributed by atoms with van der Waals surface area (Å²) < 4.78 is 19.8. The van der Waals surface area contributed by atoms with E-state index >= 15 is 0 Å². The molecule has 5 nitrogen and oxygen atoms in total. The molecule has 0 spiro atoms. The monoisotopic (exact) mass is 526 g/mol. The normalized spacial score (nSPS) is 15.0. The van der Waals surface area contributed by atoms with Gasteiger partial charge in [0.25, 0.3) is 14.2 Å². The molecule has 0 bridgehead atoms. The minimum atomic E-state index is -3.34. The van der Waals surface area contributed by atoms with Crippen molar-refractivity contribution in [3.63, 3.8) is 0 Å². The molecule has 0 radical (unpaired) electrons. The molecule has 2 heterocycles. The molecule has 0 saturated carbocycles. The van der Waals surface area contributed by atoms with Gasteiger partial charge in [-0.2, -0.15) is 0 Å². The Balaban J connectivity index is 1.47. The van der Waals surface area contributed by atoms with E-state index in [2.05, 4.69) is 24.1 Å². The molecule has 194 valence electrons. The van der Waals surface area contributed by atoms with Crippen LogP contribution >= 0.6 is 0 Å². The average Bonchev–Trinajstić information content (AvgIpc) is 3.41. The van der Waals surface area contributed by atoms with Gasteiger partial charge in [-0.1, -0.05) is 86.6 Å². The summed E-state index contributed by atoms with van der Waals surface area (Å²) in [6, 6.07) is 25.7. The highest BCUT2D eigenvalue weighted by atomic mass is 28.4. The van der Waals surface area contributed by atoms with Crippen LogP contribution in [0.4, 0.5) is 4.39 Å². The van der Waals surface area contributed by atoms with Crippen molar-refractivity contribution in [1.82, 2.24) is 10.3 Å². The lowest BCUT2D eigenvalue weighted by Crippen LogP contribution is -2.68. The summed E-state index contributed by atoms with van der Waals surface area (Å²) in [6.07, 6.45) is 1.69. The Morgan fingerprint density at radius 2 is 1.61 bits per heavy atom. The second-order valence-electron chi connectivity index (χ2n) is 10.3. The van der Waals surface area contributed by atoms with Crippen LogP contribution in [-0.4, -0.2) is 30.1 Å². The quantitative estimate of drug-likeness (QED) is 0.353. The van der Waals surface area contributed by atoms with E-state index in [1.807, 2.05) is 67.6 Å². The van der Waals surface area contributed by atoms with E-state index in [0.717, 1.165) is 21.5 Å². The Morgan fingerprint density at radius 1 is 1.03 bits per heavy atom. The first-order chi connectivity index (χ1) is 18.2. The molecule has 1 aromatic heterocycles. The summed E-state index contributed by atoms with van der Waals surface area (Å²) in [4.78, 5) is 30.3. The average molecular weight is 527 g/mol. The second-order valence-corrected chi connectivity index (χ2v) is 14.2. The third-order valence-corrected chi connectivity index (χ3v) is 12.2. The van der Waals surface area contributed by atoms with Crippen molar-refractivity contribution in [2.75, 3.05) is 0 Å². The number of halogens is 1. The molecule has 3 aromatic carbocycles. The molecule has 38 heavy (non-hydrogen) atoms. The van der Waals surface area contributed by atoms with E-state index in [0.29, 0.717) is 23.4 Å². The summed E-state index contributed by atoms with van der Waals surface area (Å²) in [5, 5.41) is 4.07. The van der Waals surface area contributed by atoms with Gasteiger partial charge in [-0.05, 0) is 35.0 Å². The molecule has 1 aliphatic rings. The maximum atomic E-state index is 13.2. The number of rotatable bonds is 7. The Bertz CT molecular complexity index is 1400. The number of amides is 1. The number of carbonyl (C=O) groups is 1. The number of carbonyl (C=O) groups excluding carboxylic acids is 1. The number of aromatic nitrogens is 1. The highest BCUT2D eigenvalue weighted by Crippen LogP contribution is 2.47. The summed E-state index contributed by atoms with van der Waals surface area (Å²) in [6.45, 7) is 6.26. The summed E-state index contributed by atoms with van der Waals surface area (Å²) >= 11 is 0. The number of benzene rings is 3. The van der Waals surface area contributed by atoms with Crippen LogP contribution in [0, 0.1) is 12.7 Å². The molecule has 0 fully saturated rings. The third kappa shape index (κ3) is 4.52. The smallest absolute Gasteiger partial charge is 0.262 e. The Hall–Kier alpha value is -3.81. The lowest BCUT2D eigenvalue weighted by Gasteiger charge is -2.44. The zero-order valence-electron chi connectivity index (χ0n) is 21.7. The molecule has 1 atom stereocenters. The molecule has 1 unspecified atom stereocenters. The molecule has 5 rings (SSSR count). The van der Waals surface area contributed by atoms with Gasteiger partial charge in [-0.25, -0.2) is 4.39 Å². The van der Waals surface area contributed by atoms with Gasteiger partial charge < -0.3 is 14.8 Å². The zero-order chi connectivity index (χ0) is 26.9. The van der Waals surface area contributed by atoms with Gasteiger partial charge in [0.05, 0.1) is 11.3 Å². The number of pyridine rings is 1. The van der Waals surface area contributed by atoms with Crippen molar-refractivity contribution >= 4 is 24.6 Å². The molecular formula is C31H31FN2O3Si. The summed E-state index contributed by atoms with van der Waals surface area (Å²) in [7, 11) is -3.34. The van der Waals surface area contributed by atoms with Gasteiger partial charge in [0.15, 0.2) is 0 Å². The van der Waals surface area contributed by atoms with Crippen molar-refractivity contribution < 1.29 is 18.7 Å². The molecule has 7 heteroatoms. The van der Waals surface area contributed by atoms with Gasteiger partial charge in [-0.15, -0.1) is 0 Å². The molecule has 1 amide bonds. The van der Waals surface area contributed by atoms with Crippen molar-refractivity contribution in [3.8, 4) is 5.75 Å². The van der Waals surface area contributed by atoms with Gasteiger partial charge in [0.2, 0.25) is 0 Å². The van der Waals surface area contributed by atoms with Crippen LogP contribution in [0.2, 0.25) is 5.04 Å². The van der Waals surface area contributed by atoms with Gasteiger partial charge in [0, 0.05) is 29.8 Å². The number of fused-ring (bicyclic) bond motifs is 1. The maximum absolute atomic E-state index is 13.2. The predicted octanol–water partition coefficient (Wildman–Crippen LogP) is 4.30. The van der Waals surface area contributed by atoms with Gasteiger partial charge in [-0.3, -0.25) is 9.78 Å². The maximum Gasteiger partial charge on any atom is 0.262 e. The first-order valence-corrected chi connectivity index (χ1v) is 14.7. The van der Waals surface area contributed by atoms with Crippen LogP contribution in [0.15, 0.2) is 91.1 Å².